The van der Waals surface area contributed by atoms with Crippen molar-refractivity contribution >= 4 is 44.6 Å². The zero-order chi connectivity index (χ0) is 12.4. The topological polar surface area (TPSA) is 38.0 Å². The van der Waals surface area contributed by atoms with E-state index in [1.165, 1.54) is 6.07 Å². The van der Waals surface area contributed by atoms with Crippen molar-refractivity contribution in [3.8, 4) is 0 Å². The Balaban J connectivity index is 2.35. The van der Waals surface area contributed by atoms with Crippen LogP contribution in [0.1, 0.15) is 0 Å². The largest absolute Gasteiger partial charge is 0.395 e. The van der Waals surface area contributed by atoms with Crippen LogP contribution < -0.4 is 11.1 Å². The molecule has 0 unspecified atom stereocenters. The van der Waals surface area contributed by atoms with Crippen molar-refractivity contribution in [2.75, 3.05) is 11.1 Å². The van der Waals surface area contributed by atoms with E-state index in [-0.39, 0.29) is 5.69 Å². The van der Waals surface area contributed by atoms with Crippen molar-refractivity contribution in [1.82, 2.24) is 0 Å². The highest BCUT2D eigenvalue weighted by atomic mass is 79.9. The second-order valence-electron chi connectivity index (χ2n) is 3.45. The third-order valence-corrected chi connectivity index (χ3v) is 3.14. The van der Waals surface area contributed by atoms with Gasteiger partial charge in [-0.25, -0.2) is 4.39 Å². The summed E-state index contributed by atoms with van der Waals surface area (Å²) in [6, 6.07) is 9.90. The fourth-order valence-corrected chi connectivity index (χ4v) is 2.16. The standard InChI is InChI=1S/C12H9BrClFN2/c13-8-6-7(14)4-5-10(8)17-11-3-1-2-9(15)12(11)16/h1-6,17H,16H2. The first-order valence-electron chi connectivity index (χ1n) is 4.84. The Morgan fingerprint density at radius 3 is 2.65 bits per heavy atom. The highest BCUT2D eigenvalue weighted by molar-refractivity contribution is 9.10. The lowest BCUT2D eigenvalue weighted by Gasteiger charge is -2.11. The van der Waals surface area contributed by atoms with E-state index in [0.29, 0.717) is 10.7 Å². The van der Waals surface area contributed by atoms with Gasteiger partial charge >= 0.3 is 0 Å². The van der Waals surface area contributed by atoms with Crippen LogP contribution in [0, 0.1) is 5.82 Å². The summed E-state index contributed by atoms with van der Waals surface area (Å²) in [6.07, 6.45) is 0. The quantitative estimate of drug-likeness (QED) is 0.797. The minimum atomic E-state index is -0.444. The molecular weight excluding hydrogens is 307 g/mol. The van der Waals surface area contributed by atoms with E-state index in [1.807, 2.05) is 0 Å². The number of halogens is 3. The molecule has 0 bridgehead atoms. The maximum absolute atomic E-state index is 13.2. The maximum Gasteiger partial charge on any atom is 0.148 e. The Kier molecular flexibility index (Phi) is 3.54. The Labute approximate surface area is 112 Å². The number of anilines is 3. The Morgan fingerprint density at radius 1 is 1.18 bits per heavy atom. The highest BCUT2D eigenvalue weighted by Crippen LogP contribution is 2.31. The summed E-state index contributed by atoms with van der Waals surface area (Å²) < 4.78 is 14.0. The molecule has 0 saturated carbocycles. The van der Waals surface area contributed by atoms with Crippen molar-refractivity contribution in [3.05, 3.63) is 51.7 Å². The SMILES string of the molecule is Nc1c(F)cccc1Nc1ccc(Cl)cc1Br. The molecule has 0 aliphatic heterocycles. The minimum Gasteiger partial charge on any atom is -0.395 e. The normalized spacial score (nSPS) is 10.3. The average molecular weight is 316 g/mol. The predicted molar refractivity (Wildman–Crippen MR) is 73.2 cm³/mol. The molecule has 0 aliphatic carbocycles. The van der Waals surface area contributed by atoms with Crippen LogP contribution in [0.15, 0.2) is 40.9 Å². The van der Waals surface area contributed by atoms with Crippen molar-refractivity contribution in [1.29, 1.82) is 0 Å². The minimum absolute atomic E-state index is 0.0920. The molecule has 0 atom stereocenters. The third kappa shape index (κ3) is 2.70. The zero-order valence-corrected chi connectivity index (χ0v) is 11.0. The second-order valence-corrected chi connectivity index (χ2v) is 4.74. The van der Waals surface area contributed by atoms with Crippen LogP contribution in [0.4, 0.5) is 21.5 Å². The Morgan fingerprint density at radius 2 is 1.94 bits per heavy atom. The monoisotopic (exact) mass is 314 g/mol. The smallest absolute Gasteiger partial charge is 0.148 e. The number of hydrogen-bond acceptors (Lipinski definition) is 2. The van der Waals surface area contributed by atoms with Gasteiger partial charge in [0.05, 0.1) is 17.1 Å². The highest BCUT2D eigenvalue weighted by Gasteiger charge is 2.06. The lowest BCUT2D eigenvalue weighted by atomic mass is 10.2. The molecule has 0 radical (unpaired) electrons. The summed E-state index contributed by atoms with van der Waals surface area (Å²) in [5.41, 5.74) is 7.01. The van der Waals surface area contributed by atoms with Crippen molar-refractivity contribution < 1.29 is 4.39 Å². The van der Waals surface area contributed by atoms with E-state index in [1.54, 1.807) is 30.3 Å². The van der Waals surface area contributed by atoms with Gasteiger partial charge in [-0.2, -0.15) is 0 Å². The molecule has 2 rings (SSSR count). The fraction of sp³-hybridized carbons (Fsp3) is 0. The molecule has 0 spiro atoms. The lowest BCUT2D eigenvalue weighted by Crippen LogP contribution is -1.99. The van der Waals surface area contributed by atoms with Crippen LogP contribution in [0.25, 0.3) is 0 Å². The van der Waals surface area contributed by atoms with E-state index in [4.69, 9.17) is 17.3 Å². The van der Waals surface area contributed by atoms with Crippen LogP contribution in [-0.4, -0.2) is 0 Å². The van der Waals surface area contributed by atoms with Gasteiger partial charge in [0.15, 0.2) is 0 Å². The average Bonchev–Trinajstić information content (AvgIpc) is 2.28. The maximum atomic E-state index is 13.2. The molecule has 0 amide bonds. The summed E-state index contributed by atoms with van der Waals surface area (Å²) >= 11 is 9.20. The van der Waals surface area contributed by atoms with Crippen LogP contribution in [0.5, 0.6) is 0 Å². The zero-order valence-electron chi connectivity index (χ0n) is 8.68. The number of rotatable bonds is 2. The molecule has 5 heteroatoms. The summed E-state index contributed by atoms with van der Waals surface area (Å²) in [5, 5.41) is 3.66. The summed E-state index contributed by atoms with van der Waals surface area (Å²) in [4.78, 5) is 0. The van der Waals surface area contributed by atoms with Crippen LogP contribution in [-0.2, 0) is 0 Å². The van der Waals surface area contributed by atoms with E-state index in [9.17, 15) is 4.39 Å². The molecule has 0 aliphatic rings. The first kappa shape index (κ1) is 12.2. The molecule has 0 aromatic heterocycles. The van der Waals surface area contributed by atoms with E-state index < -0.39 is 5.82 Å². The molecular formula is C12H9BrClFN2. The first-order chi connectivity index (χ1) is 8.08. The van der Waals surface area contributed by atoms with Gasteiger partial charge < -0.3 is 11.1 Å². The van der Waals surface area contributed by atoms with Crippen LogP contribution >= 0.6 is 27.5 Å². The molecule has 0 fully saturated rings. The van der Waals surface area contributed by atoms with Gasteiger partial charge in [-0.3, -0.25) is 0 Å². The number of nitrogens with two attached hydrogens (primary N) is 1. The number of benzene rings is 2. The predicted octanol–water partition coefficient (Wildman–Crippen LogP) is 4.57. The van der Waals surface area contributed by atoms with Gasteiger partial charge in [-0.15, -0.1) is 0 Å². The van der Waals surface area contributed by atoms with Gasteiger partial charge in [0.25, 0.3) is 0 Å². The van der Waals surface area contributed by atoms with Crippen LogP contribution in [0.3, 0.4) is 0 Å². The molecule has 2 nitrogen and oxygen atoms in total. The van der Waals surface area contributed by atoms with Crippen molar-refractivity contribution in [2.24, 2.45) is 0 Å². The molecule has 17 heavy (non-hydrogen) atoms. The summed E-state index contributed by atoms with van der Waals surface area (Å²) in [6.45, 7) is 0. The van der Waals surface area contributed by atoms with Gasteiger partial charge in [0.1, 0.15) is 5.82 Å². The van der Waals surface area contributed by atoms with E-state index in [2.05, 4.69) is 21.2 Å². The number of hydrogen-bond donors (Lipinski definition) is 2. The summed E-state index contributed by atoms with van der Waals surface area (Å²) in [5.74, 6) is -0.444. The number of para-hydroxylation sites is 1. The molecule has 3 N–H and O–H groups in total. The second kappa shape index (κ2) is 4.94. The van der Waals surface area contributed by atoms with Gasteiger partial charge in [0.2, 0.25) is 0 Å². The van der Waals surface area contributed by atoms with E-state index in [0.717, 1.165) is 10.2 Å². The Bertz CT molecular complexity index is 560. The molecule has 2 aromatic carbocycles. The summed E-state index contributed by atoms with van der Waals surface area (Å²) in [7, 11) is 0. The van der Waals surface area contributed by atoms with Crippen molar-refractivity contribution in [2.45, 2.75) is 0 Å². The lowest BCUT2D eigenvalue weighted by molar-refractivity contribution is 0.633. The van der Waals surface area contributed by atoms with Gasteiger partial charge in [-0.05, 0) is 46.3 Å². The first-order valence-corrected chi connectivity index (χ1v) is 6.01. The molecule has 88 valence electrons. The van der Waals surface area contributed by atoms with Crippen LogP contribution in [0.2, 0.25) is 5.02 Å². The molecule has 2 aromatic rings. The number of nitrogens with one attached hydrogen (secondary N) is 1. The molecule has 0 heterocycles. The van der Waals surface area contributed by atoms with Gasteiger partial charge in [0, 0.05) is 9.50 Å². The molecule has 0 saturated heterocycles. The number of nitrogen functional groups attached to an aromatic ring is 1. The third-order valence-electron chi connectivity index (χ3n) is 2.25. The van der Waals surface area contributed by atoms with Gasteiger partial charge in [-0.1, -0.05) is 17.7 Å². The Hall–Kier alpha value is -1.26. The van der Waals surface area contributed by atoms with Crippen molar-refractivity contribution in [3.63, 3.8) is 0 Å². The fourth-order valence-electron chi connectivity index (χ4n) is 1.38. The van der Waals surface area contributed by atoms with E-state index >= 15 is 0 Å².